The van der Waals surface area contributed by atoms with Crippen molar-refractivity contribution in [1.29, 1.82) is 0 Å². The Balaban J connectivity index is 2.13. The molecule has 0 fully saturated rings. The summed E-state index contributed by atoms with van der Waals surface area (Å²) in [5.41, 5.74) is 1.59. The van der Waals surface area contributed by atoms with Crippen molar-refractivity contribution >= 4 is 34.6 Å². The van der Waals surface area contributed by atoms with Crippen molar-refractivity contribution < 1.29 is 28.2 Å². The maximum absolute atomic E-state index is 12.5. The van der Waals surface area contributed by atoms with E-state index in [1.807, 2.05) is 36.4 Å². The Hall–Kier alpha value is -3.24. The van der Waals surface area contributed by atoms with Crippen LogP contribution >= 0.6 is 0 Å². The Bertz CT molecular complexity index is 1310. The van der Waals surface area contributed by atoms with Crippen LogP contribution < -0.4 is 18.3 Å². The maximum Gasteiger partial charge on any atom is 0.250 e. The number of benzene rings is 2. The molecular formula is C33H48O6Si2. The quantitative estimate of drug-likeness (QED) is 0.121. The van der Waals surface area contributed by atoms with Crippen LogP contribution in [0.1, 0.15) is 52.7 Å². The van der Waals surface area contributed by atoms with Gasteiger partial charge in [-0.1, -0.05) is 65.8 Å². The molecule has 0 aliphatic rings. The van der Waals surface area contributed by atoms with Crippen LogP contribution in [0.5, 0.6) is 23.0 Å². The molecule has 0 saturated heterocycles. The fourth-order valence-electron chi connectivity index (χ4n) is 3.20. The summed E-state index contributed by atoms with van der Waals surface area (Å²) in [5, 5.41) is 10.4. The van der Waals surface area contributed by atoms with Crippen LogP contribution in [-0.4, -0.2) is 41.7 Å². The SMILES string of the molecule is COc1cc(/C=C/C(=O)/C=C(O)/C=C/c2ccc(O[Si](C)(C)C(C)(C)C)c(OC)c2)ccc1O[Si](C)(C)C(C)(C)C. The molecule has 6 nitrogen and oxygen atoms in total. The van der Waals surface area contributed by atoms with Gasteiger partial charge in [0.25, 0.3) is 16.6 Å². The molecule has 0 spiro atoms. The monoisotopic (exact) mass is 596 g/mol. The summed E-state index contributed by atoms with van der Waals surface area (Å²) in [5.74, 6) is 2.13. The van der Waals surface area contributed by atoms with E-state index in [9.17, 15) is 9.90 Å². The number of hydrogen-bond donors (Lipinski definition) is 1. The van der Waals surface area contributed by atoms with E-state index < -0.39 is 16.6 Å². The second kappa shape index (κ2) is 13.2. The van der Waals surface area contributed by atoms with Crippen LogP contribution in [0.4, 0.5) is 0 Å². The van der Waals surface area contributed by atoms with E-state index in [0.29, 0.717) is 23.0 Å². The van der Waals surface area contributed by atoms with Gasteiger partial charge in [0, 0.05) is 6.08 Å². The first-order valence-corrected chi connectivity index (χ1v) is 19.7. The number of ketones is 1. The fraction of sp³-hybridized carbons (Fsp3) is 0.424. The van der Waals surface area contributed by atoms with Crippen LogP contribution in [0.3, 0.4) is 0 Å². The van der Waals surface area contributed by atoms with E-state index in [4.69, 9.17) is 18.3 Å². The molecule has 0 bridgehead atoms. The van der Waals surface area contributed by atoms with Crippen LogP contribution in [0, 0.1) is 0 Å². The summed E-state index contributed by atoms with van der Waals surface area (Å²) in [6.45, 7) is 21.9. The number of ether oxygens (including phenoxy) is 2. The van der Waals surface area contributed by atoms with Gasteiger partial charge in [-0.05, 0) is 83.8 Å². The summed E-state index contributed by atoms with van der Waals surface area (Å²) < 4.78 is 23.9. The minimum absolute atomic E-state index is 0.0560. The lowest BCUT2D eigenvalue weighted by atomic mass is 10.1. The first-order valence-electron chi connectivity index (χ1n) is 13.8. The predicted molar refractivity (Wildman–Crippen MR) is 175 cm³/mol. The molecular weight excluding hydrogens is 549 g/mol. The van der Waals surface area contributed by atoms with Crippen molar-refractivity contribution in [3.63, 3.8) is 0 Å². The lowest BCUT2D eigenvalue weighted by Gasteiger charge is -2.36. The van der Waals surface area contributed by atoms with Gasteiger partial charge in [0.05, 0.1) is 14.2 Å². The minimum atomic E-state index is -2.03. The van der Waals surface area contributed by atoms with Gasteiger partial charge >= 0.3 is 0 Å². The van der Waals surface area contributed by atoms with Gasteiger partial charge in [0.15, 0.2) is 17.3 Å². The molecule has 0 radical (unpaired) electrons. The molecule has 224 valence electrons. The highest BCUT2D eigenvalue weighted by Crippen LogP contribution is 2.41. The molecule has 0 aliphatic heterocycles. The second-order valence-corrected chi connectivity index (χ2v) is 22.6. The number of hydrogen-bond acceptors (Lipinski definition) is 6. The molecule has 1 N–H and O–H groups in total. The Morgan fingerprint density at radius 1 is 0.683 bits per heavy atom. The number of carbonyl (C=O) groups excluding carboxylic acids is 1. The van der Waals surface area contributed by atoms with Gasteiger partial charge in [-0.15, -0.1) is 0 Å². The zero-order valence-electron chi connectivity index (χ0n) is 26.8. The highest BCUT2D eigenvalue weighted by molar-refractivity contribution is 6.75. The highest BCUT2D eigenvalue weighted by Gasteiger charge is 2.40. The van der Waals surface area contributed by atoms with Crippen molar-refractivity contribution in [3.05, 3.63) is 71.5 Å². The normalized spacial score (nSPS) is 13.5. The number of aliphatic hydroxyl groups excluding tert-OH is 1. The van der Waals surface area contributed by atoms with Crippen LogP contribution in [-0.2, 0) is 4.79 Å². The smallest absolute Gasteiger partial charge is 0.250 e. The predicted octanol–water partition coefficient (Wildman–Crippen LogP) is 9.21. The molecule has 0 atom stereocenters. The van der Waals surface area contributed by atoms with Gasteiger partial charge in [0.1, 0.15) is 17.3 Å². The molecule has 2 aromatic carbocycles. The number of rotatable bonds is 11. The van der Waals surface area contributed by atoms with Gasteiger partial charge in [-0.25, -0.2) is 0 Å². The van der Waals surface area contributed by atoms with E-state index in [1.165, 1.54) is 18.2 Å². The summed E-state index contributed by atoms with van der Waals surface area (Å²) >= 11 is 0. The van der Waals surface area contributed by atoms with Gasteiger partial charge in [-0.2, -0.15) is 0 Å². The Morgan fingerprint density at radius 2 is 1.07 bits per heavy atom. The third kappa shape index (κ3) is 9.40. The molecule has 2 rings (SSSR count). The van der Waals surface area contributed by atoms with Crippen molar-refractivity contribution in [1.82, 2.24) is 0 Å². The number of aliphatic hydroxyl groups is 1. The Labute approximate surface area is 249 Å². The largest absolute Gasteiger partial charge is 0.541 e. The molecule has 0 saturated carbocycles. The molecule has 2 aromatic rings. The van der Waals surface area contributed by atoms with Crippen molar-refractivity contribution in [2.75, 3.05) is 14.2 Å². The minimum Gasteiger partial charge on any atom is -0.541 e. The third-order valence-electron chi connectivity index (χ3n) is 7.89. The van der Waals surface area contributed by atoms with E-state index >= 15 is 0 Å². The number of allylic oxidation sites excluding steroid dienone is 3. The van der Waals surface area contributed by atoms with E-state index in [-0.39, 0.29) is 21.6 Å². The van der Waals surface area contributed by atoms with E-state index in [2.05, 4.69) is 67.7 Å². The third-order valence-corrected chi connectivity index (χ3v) is 16.6. The molecule has 8 heteroatoms. The van der Waals surface area contributed by atoms with Crippen molar-refractivity contribution in [2.45, 2.75) is 77.8 Å². The maximum atomic E-state index is 12.5. The summed E-state index contributed by atoms with van der Waals surface area (Å²) in [6.07, 6.45) is 7.45. The number of carbonyl (C=O) groups is 1. The van der Waals surface area contributed by atoms with Crippen LogP contribution in [0.15, 0.2) is 60.4 Å². The van der Waals surface area contributed by atoms with Gasteiger partial charge in [-0.3, -0.25) is 4.79 Å². The molecule has 0 amide bonds. The topological polar surface area (TPSA) is 74.2 Å². The van der Waals surface area contributed by atoms with Gasteiger partial charge in [0.2, 0.25) is 0 Å². The van der Waals surface area contributed by atoms with Gasteiger partial charge < -0.3 is 23.4 Å². The number of methoxy groups -OCH3 is 2. The average molecular weight is 597 g/mol. The standard InChI is InChI=1S/C33H48O6Si2/c1-32(2,3)40(9,10)38-28-19-15-24(21-30(28)36-7)13-17-26(34)23-27(35)18-14-25-16-20-29(31(22-25)37-8)39-41(11,12)33(4,5)6/h13-23,34H,1-12H3/b17-13+,18-14+,26-23-. The van der Waals surface area contributed by atoms with E-state index in [1.54, 1.807) is 26.4 Å². The molecule has 0 aliphatic carbocycles. The highest BCUT2D eigenvalue weighted by atomic mass is 28.4. The average Bonchev–Trinajstić information content (AvgIpc) is 2.85. The lowest BCUT2D eigenvalue weighted by Crippen LogP contribution is -2.43. The Kier molecular flexibility index (Phi) is 10.9. The molecule has 0 aromatic heterocycles. The second-order valence-electron chi connectivity index (χ2n) is 13.2. The summed E-state index contributed by atoms with van der Waals surface area (Å²) in [7, 11) is -0.848. The molecule has 0 unspecified atom stereocenters. The summed E-state index contributed by atoms with van der Waals surface area (Å²) in [6, 6.07) is 11.2. The lowest BCUT2D eigenvalue weighted by molar-refractivity contribution is -0.110. The van der Waals surface area contributed by atoms with E-state index in [0.717, 1.165) is 11.1 Å². The Morgan fingerprint density at radius 3 is 1.44 bits per heavy atom. The zero-order chi connectivity index (χ0) is 31.2. The molecule has 0 heterocycles. The molecule has 41 heavy (non-hydrogen) atoms. The van der Waals surface area contributed by atoms with Crippen LogP contribution in [0.25, 0.3) is 12.2 Å². The summed E-state index contributed by atoms with van der Waals surface area (Å²) in [4.78, 5) is 12.5. The zero-order valence-corrected chi connectivity index (χ0v) is 28.8. The fourth-order valence-corrected chi connectivity index (χ4v) is 5.25. The van der Waals surface area contributed by atoms with Crippen molar-refractivity contribution in [3.8, 4) is 23.0 Å². The first kappa shape index (κ1) is 34.0. The first-order chi connectivity index (χ1) is 18.8. The van der Waals surface area contributed by atoms with Crippen LogP contribution in [0.2, 0.25) is 36.3 Å². The van der Waals surface area contributed by atoms with Crippen molar-refractivity contribution in [2.24, 2.45) is 0 Å².